The molecule has 0 atom stereocenters. The Morgan fingerprint density at radius 1 is 0.900 bits per heavy atom. The highest BCUT2D eigenvalue weighted by molar-refractivity contribution is 5.75. The molecule has 0 aromatic carbocycles. The van der Waals surface area contributed by atoms with Gasteiger partial charge in [0.2, 0.25) is 0 Å². The molecule has 0 aromatic heterocycles. The van der Waals surface area contributed by atoms with Crippen LogP contribution in [0.4, 0.5) is 0 Å². The van der Waals surface area contributed by atoms with Crippen LogP contribution in [0.1, 0.15) is 0 Å². The Labute approximate surface area is 59.0 Å². The molecular weight excluding hydrogens is 128 g/mol. The van der Waals surface area contributed by atoms with Gasteiger partial charge in [0, 0.05) is 12.4 Å². The normalized spacial score (nSPS) is 16.0. The maximum absolute atomic E-state index is 3.72. The first-order valence-electron chi connectivity index (χ1n) is 2.75. The third kappa shape index (κ3) is 2.66. The van der Waals surface area contributed by atoms with Gasteiger partial charge in [0.25, 0.3) is 0 Å². The van der Waals surface area contributed by atoms with E-state index in [-0.39, 0.29) is 0 Å². The summed E-state index contributed by atoms with van der Waals surface area (Å²) in [6.07, 6.45) is 10.1. The van der Waals surface area contributed by atoms with Crippen molar-refractivity contribution in [2.75, 3.05) is 0 Å². The molecule has 0 aliphatic carbocycles. The van der Waals surface area contributed by atoms with Crippen molar-refractivity contribution in [2.24, 2.45) is 10.1 Å². The predicted octanol–water partition coefficient (Wildman–Crippen LogP) is 0.208. The molecule has 2 rings (SSSR count). The van der Waals surface area contributed by atoms with Crippen LogP contribution < -0.4 is 10.7 Å². The van der Waals surface area contributed by atoms with Crippen molar-refractivity contribution in [3.63, 3.8) is 0 Å². The smallest absolute Gasteiger partial charge is 0.139 e. The first kappa shape index (κ1) is 6.54. The van der Waals surface area contributed by atoms with E-state index in [0.29, 0.717) is 0 Å². The number of allylic oxidation sites excluding steroid dienone is 2. The van der Waals surface area contributed by atoms with E-state index >= 15 is 0 Å². The molecule has 0 bridgehead atoms. The van der Waals surface area contributed by atoms with Gasteiger partial charge in [-0.3, -0.25) is 5.32 Å². The van der Waals surface area contributed by atoms with E-state index in [4.69, 9.17) is 0 Å². The third-order valence-electron chi connectivity index (χ3n) is 0.759. The van der Waals surface area contributed by atoms with Crippen molar-refractivity contribution >= 4 is 12.7 Å². The Morgan fingerprint density at radius 2 is 1.70 bits per heavy atom. The van der Waals surface area contributed by atoms with E-state index < -0.39 is 0 Å². The van der Waals surface area contributed by atoms with Gasteiger partial charge in [0.15, 0.2) is 0 Å². The van der Waals surface area contributed by atoms with Crippen LogP contribution in [-0.2, 0) is 0 Å². The first-order valence-corrected chi connectivity index (χ1v) is 2.75. The van der Waals surface area contributed by atoms with Crippen LogP contribution in [0.5, 0.6) is 0 Å². The highest BCUT2D eigenvalue weighted by atomic mass is 15.3. The average Bonchev–Trinajstić information content (AvgIpc) is 2.67. The van der Waals surface area contributed by atoms with Crippen molar-refractivity contribution in [3.8, 4) is 0 Å². The van der Waals surface area contributed by atoms with Crippen LogP contribution in [0.3, 0.4) is 0 Å². The van der Waals surface area contributed by atoms with Gasteiger partial charge in [0.1, 0.15) is 12.7 Å². The Hall–Kier alpha value is -1.58. The molecule has 0 spiro atoms. The number of hydrogen-bond acceptors (Lipinski definition) is 2. The summed E-state index contributed by atoms with van der Waals surface area (Å²) in [6.45, 7) is 0. The van der Waals surface area contributed by atoms with E-state index in [9.17, 15) is 0 Å². The van der Waals surface area contributed by atoms with Crippen LogP contribution in [0.15, 0.2) is 34.6 Å². The van der Waals surface area contributed by atoms with Crippen molar-refractivity contribution in [1.29, 1.82) is 0 Å². The second kappa shape index (κ2) is 4.31. The van der Waals surface area contributed by atoms with Gasteiger partial charge in [-0.05, 0) is 12.2 Å². The maximum atomic E-state index is 3.72. The van der Waals surface area contributed by atoms with Gasteiger partial charge < -0.3 is 0 Å². The summed E-state index contributed by atoms with van der Waals surface area (Å²) in [5, 5.41) is 7.08. The van der Waals surface area contributed by atoms with E-state index in [1.807, 2.05) is 12.2 Å². The summed E-state index contributed by atoms with van der Waals surface area (Å²) in [5.41, 5.74) is 3.36. The van der Waals surface area contributed by atoms with Gasteiger partial charge in [-0.25, -0.2) is 4.99 Å². The lowest BCUT2D eigenvalue weighted by atomic mass is 10.6. The Kier molecular flexibility index (Phi) is 2.82. The maximum Gasteiger partial charge on any atom is 0.139 e. The fourth-order valence-electron chi connectivity index (χ4n) is 0.398. The largest absolute Gasteiger partial charge is 0.265 e. The topological polar surface area (TPSA) is 52.9 Å². The molecule has 0 aromatic rings. The van der Waals surface area contributed by atoms with Crippen LogP contribution in [0, 0.1) is 0 Å². The summed E-state index contributed by atoms with van der Waals surface area (Å²) < 4.78 is 0. The van der Waals surface area contributed by atoms with E-state index in [1.165, 1.54) is 12.7 Å². The van der Waals surface area contributed by atoms with Gasteiger partial charge >= 0.3 is 0 Å². The number of aliphatic imine (C=N–C) groups is 1. The molecule has 0 unspecified atom stereocenters. The van der Waals surface area contributed by atoms with Gasteiger partial charge in [-0.15, -0.1) is 10.5 Å². The number of nitrogens with zero attached hydrogens (tertiary/aromatic N) is 4. The second-order valence-corrected chi connectivity index (χ2v) is 1.44. The van der Waals surface area contributed by atoms with E-state index in [1.54, 1.807) is 12.4 Å². The molecule has 2 aliphatic rings. The van der Waals surface area contributed by atoms with Gasteiger partial charge in [0.05, 0.1) is 0 Å². The summed E-state index contributed by atoms with van der Waals surface area (Å²) in [5.74, 6) is 0. The minimum Gasteiger partial charge on any atom is -0.265 e. The lowest BCUT2D eigenvalue weighted by molar-refractivity contribution is 1.07. The fourth-order valence-corrected chi connectivity index (χ4v) is 0.398. The molecule has 2 aliphatic heterocycles. The minimum absolute atomic E-state index is 1.39. The molecule has 0 N–H and O–H groups in total. The Morgan fingerprint density at radius 3 is 1.90 bits per heavy atom. The highest BCUT2D eigenvalue weighted by Gasteiger charge is 1.74. The molecule has 10 heavy (non-hydrogen) atoms. The molecular formula is C6H6N4. The molecule has 4 heteroatoms. The first-order chi connectivity index (χ1) is 5.00. The summed E-state index contributed by atoms with van der Waals surface area (Å²) in [6, 6.07) is 0. The quantitative estimate of drug-likeness (QED) is 0.454. The average molecular weight is 134 g/mol. The molecule has 0 fully saturated rings. The zero-order valence-electron chi connectivity index (χ0n) is 5.25. The molecule has 4 nitrogen and oxygen atoms in total. The Balaban J connectivity index is 0.0000001000. The highest BCUT2D eigenvalue weighted by Crippen LogP contribution is 1.80. The molecule has 0 saturated heterocycles. The SMILES string of the molecule is C1=C[N]C=C1.C1=NC=N[N]1. The number of hydrogen-bond donors (Lipinski definition) is 0. The van der Waals surface area contributed by atoms with Crippen LogP contribution in [0.25, 0.3) is 0 Å². The van der Waals surface area contributed by atoms with Gasteiger partial charge in [-0.2, -0.15) is 0 Å². The van der Waals surface area contributed by atoms with Crippen LogP contribution in [0.2, 0.25) is 0 Å². The Bertz CT molecular complexity index is 148. The van der Waals surface area contributed by atoms with E-state index in [2.05, 4.69) is 20.8 Å². The summed E-state index contributed by atoms with van der Waals surface area (Å²) in [7, 11) is 0. The molecule has 0 amide bonds. The molecule has 2 heterocycles. The second-order valence-electron chi connectivity index (χ2n) is 1.44. The predicted molar refractivity (Wildman–Crippen MR) is 39.5 cm³/mol. The number of rotatable bonds is 0. The summed E-state index contributed by atoms with van der Waals surface area (Å²) >= 11 is 0. The van der Waals surface area contributed by atoms with Crippen molar-refractivity contribution in [1.82, 2.24) is 10.7 Å². The monoisotopic (exact) mass is 134 g/mol. The molecule has 50 valence electrons. The van der Waals surface area contributed by atoms with Crippen LogP contribution >= 0.6 is 0 Å². The van der Waals surface area contributed by atoms with Crippen molar-refractivity contribution in [3.05, 3.63) is 24.6 Å². The van der Waals surface area contributed by atoms with Crippen molar-refractivity contribution in [2.45, 2.75) is 0 Å². The zero-order chi connectivity index (χ0) is 7.07. The van der Waals surface area contributed by atoms with Crippen molar-refractivity contribution < 1.29 is 0 Å². The summed E-state index contributed by atoms with van der Waals surface area (Å²) in [4.78, 5) is 3.50. The van der Waals surface area contributed by atoms with Gasteiger partial charge in [-0.1, -0.05) is 0 Å². The lowest BCUT2D eigenvalue weighted by Gasteiger charge is -1.63. The molecule has 2 radical (unpaired) electrons. The van der Waals surface area contributed by atoms with Crippen LogP contribution in [-0.4, -0.2) is 12.7 Å². The van der Waals surface area contributed by atoms with E-state index in [0.717, 1.165) is 0 Å². The molecule has 0 saturated carbocycles. The standard InChI is InChI=1S/C4H4N.C2H2N3/c1-2-4-5-3-1;1-3-2-5-4-1/h1-4H;1-2H. The fraction of sp³-hybridized carbons (Fsp3) is 0. The lowest BCUT2D eigenvalue weighted by Crippen LogP contribution is -1.79. The zero-order valence-corrected chi connectivity index (χ0v) is 5.25. The minimum atomic E-state index is 1.39. The third-order valence-corrected chi connectivity index (χ3v) is 0.759.